The molecule has 1 atom stereocenters. The van der Waals surface area contributed by atoms with Crippen LogP contribution in [0.4, 0.5) is 0 Å². The Bertz CT molecular complexity index is 790. The molecule has 1 fully saturated rings. The highest BCUT2D eigenvalue weighted by molar-refractivity contribution is 5.97. The number of carbonyl (C=O) groups is 2. The van der Waals surface area contributed by atoms with Gasteiger partial charge in [0, 0.05) is 43.2 Å². The molecule has 1 aliphatic heterocycles. The number of rotatable bonds is 5. The first kappa shape index (κ1) is 17.9. The number of amides is 2. The van der Waals surface area contributed by atoms with E-state index in [2.05, 4.69) is 5.10 Å². The molecule has 1 aromatic heterocycles. The van der Waals surface area contributed by atoms with E-state index >= 15 is 0 Å². The number of ether oxygens (including phenoxy) is 1. The van der Waals surface area contributed by atoms with Crippen molar-refractivity contribution >= 4 is 11.8 Å². The van der Waals surface area contributed by atoms with Crippen molar-refractivity contribution in [3.8, 4) is 5.75 Å². The number of piperazine rings is 1. The smallest absolute Gasteiger partial charge is 0.254 e. The second kappa shape index (κ2) is 7.57. The fourth-order valence-electron chi connectivity index (χ4n) is 3.18. The summed E-state index contributed by atoms with van der Waals surface area (Å²) in [6, 6.07) is 6.48. The van der Waals surface area contributed by atoms with Gasteiger partial charge in [-0.15, -0.1) is 0 Å². The van der Waals surface area contributed by atoms with Crippen LogP contribution in [0.25, 0.3) is 0 Å². The van der Waals surface area contributed by atoms with E-state index < -0.39 is 11.9 Å². The van der Waals surface area contributed by atoms with E-state index in [9.17, 15) is 9.59 Å². The second-order valence-electron chi connectivity index (χ2n) is 6.41. The monoisotopic (exact) mass is 357 g/mol. The van der Waals surface area contributed by atoms with Gasteiger partial charge >= 0.3 is 0 Å². The van der Waals surface area contributed by atoms with Crippen LogP contribution in [0.3, 0.4) is 0 Å². The van der Waals surface area contributed by atoms with E-state index in [1.807, 2.05) is 24.2 Å². The van der Waals surface area contributed by atoms with Crippen molar-refractivity contribution in [3.63, 3.8) is 0 Å². The van der Waals surface area contributed by atoms with Crippen LogP contribution in [0.5, 0.6) is 5.75 Å². The number of primary amides is 1. The highest BCUT2D eigenvalue weighted by atomic mass is 16.5. The molecular formula is C18H23N5O3. The highest BCUT2D eigenvalue weighted by Gasteiger charge is 2.33. The summed E-state index contributed by atoms with van der Waals surface area (Å²) in [5.41, 5.74) is 6.85. The molecule has 2 heterocycles. The lowest BCUT2D eigenvalue weighted by Gasteiger charge is -2.38. The summed E-state index contributed by atoms with van der Waals surface area (Å²) in [5, 5.41) is 4.19. The summed E-state index contributed by atoms with van der Waals surface area (Å²) in [5.74, 6) is -0.0108. The fraction of sp³-hybridized carbons (Fsp3) is 0.389. The van der Waals surface area contributed by atoms with Crippen molar-refractivity contribution in [1.29, 1.82) is 0 Å². The zero-order valence-electron chi connectivity index (χ0n) is 15.0. The Kier molecular flexibility index (Phi) is 5.22. The van der Waals surface area contributed by atoms with Crippen molar-refractivity contribution < 1.29 is 14.3 Å². The van der Waals surface area contributed by atoms with Gasteiger partial charge in [0.1, 0.15) is 11.8 Å². The largest absolute Gasteiger partial charge is 0.496 e. The first-order valence-corrected chi connectivity index (χ1v) is 8.42. The average molecular weight is 357 g/mol. The van der Waals surface area contributed by atoms with Crippen LogP contribution < -0.4 is 10.5 Å². The highest BCUT2D eigenvalue weighted by Crippen LogP contribution is 2.23. The zero-order chi connectivity index (χ0) is 18.7. The molecule has 2 N–H and O–H groups in total. The fourth-order valence-corrected chi connectivity index (χ4v) is 3.18. The van der Waals surface area contributed by atoms with Crippen molar-refractivity contribution in [2.24, 2.45) is 5.73 Å². The minimum absolute atomic E-state index is 0.203. The summed E-state index contributed by atoms with van der Waals surface area (Å²) < 4.78 is 7.16. The maximum absolute atomic E-state index is 13.0. The average Bonchev–Trinajstić information content (AvgIpc) is 3.14. The summed E-state index contributed by atoms with van der Waals surface area (Å²) in [6.45, 7) is 2.09. The van der Waals surface area contributed by atoms with Gasteiger partial charge in [-0.3, -0.25) is 14.3 Å². The molecule has 8 heteroatoms. The van der Waals surface area contributed by atoms with Crippen molar-refractivity contribution in [2.45, 2.75) is 12.6 Å². The van der Waals surface area contributed by atoms with Crippen LogP contribution in [-0.2, 0) is 11.3 Å². The van der Waals surface area contributed by atoms with E-state index in [0.29, 0.717) is 37.5 Å². The maximum atomic E-state index is 13.0. The molecule has 0 saturated carbocycles. The van der Waals surface area contributed by atoms with Crippen molar-refractivity contribution in [2.75, 3.05) is 33.8 Å². The number of carbonyl (C=O) groups excluding carboxylic acids is 2. The zero-order valence-corrected chi connectivity index (χ0v) is 15.0. The van der Waals surface area contributed by atoms with Gasteiger partial charge in [-0.25, -0.2) is 0 Å². The molecule has 1 unspecified atom stereocenters. The molecule has 26 heavy (non-hydrogen) atoms. The predicted octanol–water partition coefficient (Wildman–Crippen LogP) is 0.182. The Hall–Kier alpha value is -2.87. The predicted molar refractivity (Wildman–Crippen MR) is 95.8 cm³/mol. The molecular weight excluding hydrogens is 334 g/mol. The number of hydrogen-bond donors (Lipinski definition) is 1. The molecule has 0 radical (unpaired) electrons. The maximum Gasteiger partial charge on any atom is 0.254 e. The van der Waals surface area contributed by atoms with E-state index in [1.165, 1.54) is 0 Å². The van der Waals surface area contributed by atoms with Crippen LogP contribution in [0.2, 0.25) is 0 Å². The molecule has 138 valence electrons. The Labute approximate surface area is 152 Å². The lowest BCUT2D eigenvalue weighted by Crippen LogP contribution is -2.59. The molecule has 2 amide bonds. The van der Waals surface area contributed by atoms with E-state index in [0.717, 1.165) is 5.56 Å². The Morgan fingerprint density at radius 3 is 2.81 bits per heavy atom. The van der Waals surface area contributed by atoms with E-state index in [1.54, 1.807) is 41.1 Å². The summed E-state index contributed by atoms with van der Waals surface area (Å²) in [4.78, 5) is 28.4. The number of nitrogens with zero attached hydrogens (tertiary/aromatic N) is 4. The summed E-state index contributed by atoms with van der Waals surface area (Å²) in [6.07, 6.45) is 3.54. The lowest BCUT2D eigenvalue weighted by atomic mass is 10.1. The quantitative estimate of drug-likeness (QED) is 0.824. The van der Waals surface area contributed by atoms with E-state index in [4.69, 9.17) is 10.5 Å². The minimum atomic E-state index is -0.627. The standard InChI is InChI=1S/C18H23N5O3/c1-21-8-9-23(15(12-21)17(19)24)18(25)13-4-5-16(26-2)14(10-13)11-22-7-3-6-20-22/h3-7,10,15H,8-9,11-12H2,1-2H3,(H2,19,24). The molecule has 0 aliphatic carbocycles. The van der Waals surface area contributed by atoms with Gasteiger partial charge in [-0.1, -0.05) is 0 Å². The van der Waals surface area contributed by atoms with Gasteiger partial charge in [0.15, 0.2) is 0 Å². The molecule has 1 aliphatic rings. The first-order valence-electron chi connectivity index (χ1n) is 8.42. The number of benzene rings is 1. The Morgan fingerprint density at radius 1 is 1.35 bits per heavy atom. The lowest BCUT2D eigenvalue weighted by molar-refractivity contribution is -0.124. The molecule has 1 saturated heterocycles. The topological polar surface area (TPSA) is 93.7 Å². The van der Waals surface area contributed by atoms with Crippen molar-refractivity contribution in [1.82, 2.24) is 19.6 Å². The third kappa shape index (κ3) is 3.70. The van der Waals surface area contributed by atoms with Gasteiger partial charge in [-0.05, 0) is 31.3 Å². The number of aromatic nitrogens is 2. The molecule has 3 rings (SSSR count). The molecule has 1 aromatic carbocycles. The Balaban J connectivity index is 1.88. The van der Waals surface area contributed by atoms with Crippen LogP contribution in [0.1, 0.15) is 15.9 Å². The van der Waals surface area contributed by atoms with Gasteiger partial charge in [-0.2, -0.15) is 5.10 Å². The van der Waals surface area contributed by atoms with Crippen LogP contribution in [0.15, 0.2) is 36.7 Å². The summed E-state index contributed by atoms with van der Waals surface area (Å²) >= 11 is 0. The third-order valence-electron chi connectivity index (χ3n) is 4.59. The molecule has 0 spiro atoms. The van der Waals surface area contributed by atoms with Crippen LogP contribution >= 0.6 is 0 Å². The van der Waals surface area contributed by atoms with Crippen LogP contribution in [-0.4, -0.2) is 71.2 Å². The van der Waals surface area contributed by atoms with E-state index in [-0.39, 0.29) is 5.91 Å². The number of methoxy groups -OCH3 is 1. The number of hydrogen-bond acceptors (Lipinski definition) is 5. The van der Waals surface area contributed by atoms with Crippen molar-refractivity contribution in [3.05, 3.63) is 47.8 Å². The second-order valence-corrected chi connectivity index (χ2v) is 6.41. The summed E-state index contributed by atoms with van der Waals surface area (Å²) in [7, 11) is 3.50. The van der Waals surface area contributed by atoms with Crippen LogP contribution in [0, 0.1) is 0 Å². The van der Waals surface area contributed by atoms with Gasteiger partial charge in [0.2, 0.25) is 5.91 Å². The third-order valence-corrected chi connectivity index (χ3v) is 4.59. The first-order chi connectivity index (χ1) is 12.5. The molecule has 8 nitrogen and oxygen atoms in total. The molecule has 2 aromatic rings. The van der Waals surface area contributed by atoms with Gasteiger partial charge in [0.05, 0.1) is 13.7 Å². The number of nitrogens with two attached hydrogens (primary N) is 1. The normalized spacial score (nSPS) is 17.9. The SMILES string of the molecule is COc1ccc(C(=O)N2CCN(C)CC2C(N)=O)cc1Cn1cccn1. The minimum Gasteiger partial charge on any atom is -0.496 e. The van der Waals surface area contributed by atoms with Gasteiger partial charge < -0.3 is 20.3 Å². The Morgan fingerprint density at radius 2 is 2.15 bits per heavy atom. The number of likely N-dealkylation sites (N-methyl/N-ethyl adjacent to an activating group) is 1. The van der Waals surface area contributed by atoms with Gasteiger partial charge in [0.25, 0.3) is 5.91 Å². The molecule has 0 bridgehead atoms.